The van der Waals surface area contributed by atoms with Crippen molar-refractivity contribution in [2.24, 2.45) is 0 Å². The van der Waals surface area contributed by atoms with E-state index in [1.54, 1.807) is 18.2 Å². The topological polar surface area (TPSA) is 66.8 Å². The fourth-order valence-corrected chi connectivity index (χ4v) is 1.81. The number of phenols is 1. The monoisotopic (exact) mass is 290 g/mol. The van der Waals surface area contributed by atoms with E-state index >= 15 is 0 Å². The first-order chi connectivity index (χ1) is 10.1. The van der Waals surface area contributed by atoms with Gasteiger partial charge in [0.25, 0.3) is 0 Å². The summed E-state index contributed by atoms with van der Waals surface area (Å²) in [7, 11) is 1.47. The van der Waals surface area contributed by atoms with Crippen molar-refractivity contribution in [3.8, 4) is 11.5 Å². The Morgan fingerprint density at radius 1 is 1.33 bits per heavy atom. The summed E-state index contributed by atoms with van der Waals surface area (Å²) >= 11 is 0. The average molecular weight is 290 g/mol. The number of methoxy groups -OCH3 is 1. The first kappa shape index (κ1) is 16.8. The minimum absolute atomic E-state index is 0.0560. The predicted octanol–water partition coefficient (Wildman–Crippen LogP) is 4.01. The van der Waals surface area contributed by atoms with Gasteiger partial charge in [-0.1, -0.05) is 31.9 Å². The van der Waals surface area contributed by atoms with E-state index in [2.05, 4.69) is 6.92 Å². The van der Waals surface area contributed by atoms with Gasteiger partial charge in [0.05, 0.1) is 7.11 Å². The molecule has 0 fully saturated rings. The molecule has 0 atom stereocenters. The molecule has 1 aromatic carbocycles. The normalized spacial score (nSPS) is 11.8. The number of carbonyl (C=O) groups excluding carboxylic acids is 1. The van der Waals surface area contributed by atoms with Gasteiger partial charge >= 0.3 is 0 Å². The highest BCUT2D eigenvalue weighted by molar-refractivity contribution is 5.90. The highest BCUT2D eigenvalue weighted by Crippen LogP contribution is 2.26. The molecule has 0 aromatic heterocycles. The largest absolute Gasteiger partial charge is 0.508 e. The maximum Gasteiger partial charge on any atom is 0.161 e. The van der Waals surface area contributed by atoms with Crippen LogP contribution >= 0.6 is 0 Å². The molecule has 0 spiro atoms. The van der Waals surface area contributed by atoms with E-state index in [1.807, 2.05) is 0 Å². The number of rotatable bonds is 8. The Labute approximate surface area is 125 Å². The standard InChI is InChI=1S/C17H22O4/c1-3-4-5-6-14(18)12-15(19)9-7-13-8-10-16(20)17(11-13)21-2/h7-12,19-20H,3-6H2,1-2H3/b9-7+,15-12-. The molecule has 0 aliphatic rings. The molecule has 0 saturated carbocycles. The van der Waals surface area contributed by atoms with Gasteiger partial charge in [-0.25, -0.2) is 0 Å². The van der Waals surface area contributed by atoms with Gasteiger partial charge in [-0.2, -0.15) is 0 Å². The quantitative estimate of drug-likeness (QED) is 0.328. The van der Waals surface area contributed by atoms with Gasteiger partial charge in [0.1, 0.15) is 5.76 Å². The lowest BCUT2D eigenvalue weighted by Crippen LogP contribution is -1.94. The zero-order chi connectivity index (χ0) is 15.7. The Morgan fingerprint density at radius 3 is 2.76 bits per heavy atom. The van der Waals surface area contributed by atoms with Crippen molar-refractivity contribution in [3.05, 3.63) is 41.7 Å². The molecule has 21 heavy (non-hydrogen) atoms. The van der Waals surface area contributed by atoms with Gasteiger partial charge in [-0.3, -0.25) is 4.79 Å². The number of ketones is 1. The van der Waals surface area contributed by atoms with Gasteiger partial charge in [0.15, 0.2) is 17.3 Å². The van der Waals surface area contributed by atoms with Gasteiger partial charge in [-0.15, -0.1) is 0 Å². The van der Waals surface area contributed by atoms with Crippen LogP contribution in [-0.4, -0.2) is 23.1 Å². The fraction of sp³-hybridized carbons (Fsp3) is 0.353. The number of hydrogen-bond acceptors (Lipinski definition) is 4. The average Bonchev–Trinajstić information content (AvgIpc) is 2.46. The number of allylic oxidation sites excluding steroid dienone is 2. The van der Waals surface area contributed by atoms with E-state index in [0.717, 1.165) is 24.8 Å². The second kappa shape index (κ2) is 8.84. The number of benzene rings is 1. The Morgan fingerprint density at radius 2 is 2.10 bits per heavy atom. The van der Waals surface area contributed by atoms with Crippen LogP contribution in [0, 0.1) is 0 Å². The number of unbranched alkanes of at least 4 members (excludes halogenated alkanes) is 2. The Kier molecular flexibility index (Phi) is 7.09. The van der Waals surface area contributed by atoms with E-state index in [4.69, 9.17) is 4.74 Å². The molecule has 4 nitrogen and oxygen atoms in total. The maximum absolute atomic E-state index is 11.6. The fourth-order valence-electron chi connectivity index (χ4n) is 1.81. The van der Waals surface area contributed by atoms with Gasteiger partial charge in [0.2, 0.25) is 0 Å². The summed E-state index contributed by atoms with van der Waals surface area (Å²) in [5.74, 6) is 0.259. The molecule has 0 aliphatic carbocycles. The number of carbonyl (C=O) groups is 1. The van der Waals surface area contributed by atoms with E-state index < -0.39 is 0 Å². The van der Waals surface area contributed by atoms with Crippen LogP contribution in [0.3, 0.4) is 0 Å². The molecule has 4 heteroatoms. The van der Waals surface area contributed by atoms with E-state index in [9.17, 15) is 15.0 Å². The smallest absolute Gasteiger partial charge is 0.161 e. The molecule has 1 rings (SSSR count). The van der Waals surface area contributed by atoms with Crippen molar-refractivity contribution in [2.75, 3.05) is 7.11 Å². The molecular formula is C17H22O4. The summed E-state index contributed by atoms with van der Waals surface area (Å²) in [5, 5.41) is 19.2. The van der Waals surface area contributed by atoms with Crippen LogP contribution in [0.2, 0.25) is 0 Å². The summed E-state index contributed by atoms with van der Waals surface area (Å²) in [6, 6.07) is 4.84. The van der Waals surface area contributed by atoms with Crippen LogP contribution < -0.4 is 4.74 Å². The van der Waals surface area contributed by atoms with Crippen LogP contribution in [0.4, 0.5) is 0 Å². The van der Waals surface area contributed by atoms with E-state index in [1.165, 1.54) is 25.3 Å². The van der Waals surface area contributed by atoms with Crippen molar-refractivity contribution >= 4 is 11.9 Å². The van der Waals surface area contributed by atoms with Crippen LogP contribution in [-0.2, 0) is 4.79 Å². The predicted molar refractivity (Wildman–Crippen MR) is 83.6 cm³/mol. The third-order valence-corrected chi connectivity index (χ3v) is 2.99. The van der Waals surface area contributed by atoms with Crippen LogP contribution in [0.15, 0.2) is 36.1 Å². The van der Waals surface area contributed by atoms with Crippen molar-refractivity contribution in [3.63, 3.8) is 0 Å². The number of ether oxygens (including phenoxy) is 1. The first-order valence-corrected chi connectivity index (χ1v) is 7.05. The number of phenolic OH excluding ortho intramolecular Hbond substituents is 1. The molecule has 1 aromatic rings. The van der Waals surface area contributed by atoms with Crippen LogP contribution in [0.1, 0.15) is 38.2 Å². The molecule has 0 radical (unpaired) electrons. The van der Waals surface area contributed by atoms with Crippen LogP contribution in [0.25, 0.3) is 6.08 Å². The SMILES string of the molecule is CCCCCC(=O)/C=C(O)/C=C/c1ccc(O)c(OC)c1. The molecule has 114 valence electrons. The number of aliphatic hydroxyl groups is 1. The lowest BCUT2D eigenvalue weighted by Gasteiger charge is -2.03. The summed E-state index contributed by atoms with van der Waals surface area (Å²) < 4.78 is 5.00. The van der Waals surface area contributed by atoms with E-state index in [-0.39, 0.29) is 17.3 Å². The Balaban J connectivity index is 2.64. The minimum Gasteiger partial charge on any atom is -0.508 e. The minimum atomic E-state index is -0.0801. The third kappa shape index (κ3) is 6.17. The maximum atomic E-state index is 11.6. The van der Waals surface area contributed by atoms with Gasteiger partial charge in [0, 0.05) is 12.5 Å². The molecule has 0 bridgehead atoms. The zero-order valence-electron chi connectivity index (χ0n) is 12.5. The van der Waals surface area contributed by atoms with Crippen molar-refractivity contribution in [1.29, 1.82) is 0 Å². The van der Waals surface area contributed by atoms with Crippen molar-refractivity contribution in [2.45, 2.75) is 32.6 Å². The summed E-state index contributed by atoms with van der Waals surface area (Å²) in [5.41, 5.74) is 0.753. The van der Waals surface area contributed by atoms with Crippen molar-refractivity contribution in [1.82, 2.24) is 0 Å². The highest BCUT2D eigenvalue weighted by Gasteiger charge is 2.01. The molecule has 0 heterocycles. The Hall–Kier alpha value is -2.23. The molecular weight excluding hydrogens is 268 g/mol. The number of aliphatic hydroxyl groups excluding tert-OH is 1. The number of hydrogen-bond donors (Lipinski definition) is 2. The Bertz CT molecular complexity index is 530. The third-order valence-electron chi connectivity index (χ3n) is 2.99. The van der Waals surface area contributed by atoms with Crippen LogP contribution in [0.5, 0.6) is 11.5 Å². The molecule has 0 aliphatic heterocycles. The highest BCUT2D eigenvalue weighted by atomic mass is 16.5. The van der Waals surface area contributed by atoms with E-state index in [0.29, 0.717) is 12.2 Å². The van der Waals surface area contributed by atoms with Gasteiger partial charge < -0.3 is 14.9 Å². The lowest BCUT2D eigenvalue weighted by molar-refractivity contribution is -0.114. The second-order valence-corrected chi connectivity index (χ2v) is 4.76. The number of aromatic hydroxyl groups is 1. The zero-order valence-corrected chi connectivity index (χ0v) is 12.5. The second-order valence-electron chi connectivity index (χ2n) is 4.76. The first-order valence-electron chi connectivity index (χ1n) is 7.05. The lowest BCUT2D eigenvalue weighted by atomic mass is 10.1. The molecule has 0 amide bonds. The van der Waals surface area contributed by atoms with Gasteiger partial charge in [-0.05, 0) is 30.2 Å². The summed E-state index contributed by atoms with van der Waals surface area (Å²) in [6.07, 6.45) is 7.71. The van der Waals surface area contributed by atoms with Crippen molar-refractivity contribution < 1.29 is 19.7 Å². The molecule has 0 saturated heterocycles. The summed E-state index contributed by atoms with van der Waals surface area (Å²) in [4.78, 5) is 11.6. The molecule has 2 N–H and O–H groups in total. The summed E-state index contributed by atoms with van der Waals surface area (Å²) in [6.45, 7) is 2.08. The molecule has 0 unspecified atom stereocenters.